The first-order valence-corrected chi connectivity index (χ1v) is 12.4. The van der Waals surface area contributed by atoms with Crippen molar-refractivity contribution in [1.29, 1.82) is 0 Å². The monoisotopic (exact) mass is 446 g/mol. The van der Waals surface area contributed by atoms with E-state index < -0.39 is 16.1 Å². The zero-order valence-corrected chi connectivity index (χ0v) is 19.2. The number of aromatic amines is 1. The van der Waals surface area contributed by atoms with Crippen LogP contribution in [-0.2, 0) is 10.0 Å². The van der Waals surface area contributed by atoms with Crippen molar-refractivity contribution in [3.05, 3.63) is 34.7 Å². The molecule has 0 radical (unpaired) electrons. The molecule has 1 atom stereocenters. The van der Waals surface area contributed by atoms with Gasteiger partial charge in [0.1, 0.15) is 10.7 Å². The van der Waals surface area contributed by atoms with Crippen LogP contribution in [0, 0.1) is 20.8 Å². The number of sulfonamides is 1. The lowest BCUT2D eigenvalue weighted by atomic mass is 9.97. The van der Waals surface area contributed by atoms with Gasteiger partial charge in [-0.3, -0.25) is 9.89 Å². The number of H-pyrrole nitrogens is 1. The third-order valence-electron chi connectivity index (χ3n) is 6.21. The van der Waals surface area contributed by atoms with E-state index in [4.69, 9.17) is 0 Å². The van der Waals surface area contributed by atoms with Crippen LogP contribution in [-0.4, -0.2) is 63.3 Å². The van der Waals surface area contributed by atoms with Crippen LogP contribution in [0.4, 0.5) is 0 Å². The zero-order chi connectivity index (χ0) is 22.2. The minimum atomic E-state index is -3.80. The summed E-state index contributed by atoms with van der Waals surface area (Å²) in [4.78, 5) is 24.3. The Morgan fingerprint density at radius 2 is 1.77 bits per heavy atom. The summed E-state index contributed by atoms with van der Waals surface area (Å²) in [6.45, 7) is 6.99. The van der Waals surface area contributed by atoms with Crippen molar-refractivity contribution >= 4 is 15.9 Å². The first-order chi connectivity index (χ1) is 14.8. The number of amides is 1. The van der Waals surface area contributed by atoms with Gasteiger partial charge in [-0.25, -0.2) is 18.4 Å². The summed E-state index contributed by atoms with van der Waals surface area (Å²) in [5.41, 5.74) is 1.90. The van der Waals surface area contributed by atoms with Gasteiger partial charge in [-0.15, -0.1) is 0 Å². The van der Waals surface area contributed by atoms with Gasteiger partial charge >= 0.3 is 0 Å². The second kappa shape index (κ2) is 8.66. The molecule has 168 valence electrons. The molecule has 1 amide bonds. The number of likely N-dealkylation sites (tertiary alicyclic amines) is 1. The molecule has 9 nitrogen and oxygen atoms in total. The molecule has 2 fully saturated rings. The standard InChI is InChI=1S/C21H30N6O3S/c1-14-20(15(2)25-24-14)31(29,30)27-12-8-5-9-18(27)19-17(13-22-16(3)23-19)21(28)26-10-6-4-7-11-26/h13,18H,4-12H2,1-3H3,(H,24,25). The molecule has 0 spiro atoms. The highest BCUT2D eigenvalue weighted by atomic mass is 32.2. The van der Waals surface area contributed by atoms with E-state index in [2.05, 4.69) is 20.2 Å². The summed E-state index contributed by atoms with van der Waals surface area (Å²) in [5.74, 6) is 0.428. The number of nitrogens with one attached hydrogen (secondary N) is 1. The van der Waals surface area contributed by atoms with Crippen molar-refractivity contribution < 1.29 is 13.2 Å². The molecule has 0 aromatic carbocycles. The van der Waals surface area contributed by atoms with Crippen LogP contribution < -0.4 is 0 Å². The molecule has 31 heavy (non-hydrogen) atoms. The van der Waals surface area contributed by atoms with E-state index in [1.54, 1.807) is 27.0 Å². The van der Waals surface area contributed by atoms with Gasteiger partial charge in [0.25, 0.3) is 5.91 Å². The number of hydrogen-bond acceptors (Lipinski definition) is 6. The fourth-order valence-corrected chi connectivity index (χ4v) is 6.67. The smallest absolute Gasteiger partial charge is 0.257 e. The van der Waals surface area contributed by atoms with E-state index in [9.17, 15) is 13.2 Å². The number of aryl methyl sites for hydroxylation is 3. The highest BCUT2D eigenvalue weighted by Crippen LogP contribution is 2.37. The lowest BCUT2D eigenvalue weighted by molar-refractivity contribution is 0.0719. The van der Waals surface area contributed by atoms with Crippen LogP contribution in [0.5, 0.6) is 0 Å². The van der Waals surface area contributed by atoms with Crippen LogP contribution in [0.3, 0.4) is 0 Å². The number of hydrogen-bond donors (Lipinski definition) is 1. The molecule has 0 saturated carbocycles. The van der Waals surface area contributed by atoms with Gasteiger partial charge in [-0.1, -0.05) is 6.42 Å². The number of carbonyl (C=O) groups excluding carboxylic acids is 1. The van der Waals surface area contributed by atoms with Crippen LogP contribution in [0.1, 0.15) is 77.8 Å². The third-order valence-corrected chi connectivity index (χ3v) is 8.38. The quantitative estimate of drug-likeness (QED) is 0.773. The second-order valence-electron chi connectivity index (χ2n) is 8.46. The topological polar surface area (TPSA) is 112 Å². The van der Waals surface area contributed by atoms with Gasteiger partial charge in [0.2, 0.25) is 10.0 Å². The Balaban J connectivity index is 1.77. The van der Waals surface area contributed by atoms with Crippen molar-refractivity contribution in [2.45, 2.75) is 70.2 Å². The molecule has 2 aromatic heterocycles. The van der Waals surface area contributed by atoms with Gasteiger partial charge in [0.05, 0.1) is 28.7 Å². The Morgan fingerprint density at radius 1 is 1.06 bits per heavy atom. The first kappa shape index (κ1) is 21.9. The fourth-order valence-electron chi connectivity index (χ4n) is 4.68. The van der Waals surface area contributed by atoms with E-state index in [1.807, 2.05) is 4.90 Å². The van der Waals surface area contributed by atoms with Crippen molar-refractivity contribution in [1.82, 2.24) is 29.4 Å². The summed E-state index contributed by atoms with van der Waals surface area (Å²) < 4.78 is 28.8. The van der Waals surface area contributed by atoms with Gasteiger partial charge in [-0.05, 0) is 52.9 Å². The molecule has 10 heteroatoms. The molecular formula is C21H30N6O3S. The molecule has 2 saturated heterocycles. The summed E-state index contributed by atoms with van der Waals surface area (Å²) in [6.07, 6.45) is 6.92. The Labute approximate surface area is 183 Å². The SMILES string of the molecule is Cc1ncc(C(=O)N2CCCCC2)c(C2CCCCN2S(=O)(=O)c2c(C)n[nH]c2C)n1. The molecule has 4 heterocycles. The highest BCUT2D eigenvalue weighted by Gasteiger charge is 2.39. The van der Waals surface area contributed by atoms with Crippen LogP contribution in [0.2, 0.25) is 0 Å². The van der Waals surface area contributed by atoms with E-state index in [0.29, 0.717) is 54.5 Å². The predicted molar refractivity (Wildman–Crippen MR) is 115 cm³/mol. The Bertz CT molecular complexity index is 1060. The van der Waals surface area contributed by atoms with Crippen LogP contribution >= 0.6 is 0 Å². The van der Waals surface area contributed by atoms with E-state index in [0.717, 1.165) is 32.1 Å². The largest absolute Gasteiger partial charge is 0.339 e. The molecule has 1 N–H and O–H groups in total. The number of piperidine rings is 2. The Kier molecular flexibility index (Phi) is 6.11. The average Bonchev–Trinajstić information content (AvgIpc) is 3.12. The maximum Gasteiger partial charge on any atom is 0.257 e. The summed E-state index contributed by atoms with van der Waals surface area (Å²) in [5, 5.41) is 6.86. The highest BCUT2D eigenvalue weighted by molar-refractivity contribution is 7.89. The lowest BCUT2D eigenvalue weighted by Gasteiger charge is -2.35. The third kappa shape index (κ3) is 4.10. The van der Waals surface area contributed by atoms with Gasteiger partial charge in [-0.2, -0.15) is 9.40 Å². The Hall–Kier alpha value is -2.33. The molecule has 1 unspecified atom stereocenters. The van der Waals surface area contributed by atoms with E-state index >= 15 is 0 Å². The molecule has 0 aliphatic carbocycles. The number of nitrogens with zero attached hydrogens (tertiary/aromatic N) is 5. The predicted octanol–water partition coefficient (Wildman–Crippen LogP) is 2.67. The van der Waals surface area contributed by atoms with Crippen molar-refractivity contribution in [3.63, 3.8) is 0 Å². The maximum atomic E-state index is 13.7. The summed E-state index contributed by atoms with van der Waals surface area (Å²) >= 11 is 0. The average molecular weight is 447 g/mol. The zero-order valence-electron chi connectivity index (χ0n) is 18.4. The number of carbonyl (C=O) groups is 1. The van der Waals surface area contributed by atoms with Gasteiger partial charge in [0.15, 0.2) is 0 Å². The molecule has 2 aliphatic rings. The van der Waals surface area contributed by atoms with Crippen molar-refractivity contribution in [3.8, 4) is 0 Å². The second-order valence-corrected chi connectivity index (χ2v) is 10.3. The van der Waals surface area contributed by atoms with E-state index in [1.165, 1.54) is 4.31 Å². The fraction of sp³-hybridized carbons (Fsp3) is 0.619. The molecule has 4 rings (SSSR count). The number of aromatic nitrogens is 4. The maximum absolute atomic E-state index is 13.7. The van der Waals surface area contributed by atoms with Crippen molar-refractivity contribution in [2.75, 3.05) is 19.6 Å². The molecule has 2 aliphatic heterocycles. The Morgan fingerprint density at radius 3 is 2.45 bits per heavy atom. The summed E-state index contributed by atoms with van der Waals surface area (Å²) in [6, 6.07) is -0.502. The number of rotatable bonds is 4. The van der Waals surface area contributed by atoms with Gasteiger partial charge < -0.3 is 4.90 Å². The minimum absolute atomic E-state index is 0.103. The van der Waals surface area contributed by atoms with Crippen molar-refractivity contribution in [2.24, 2.45) is 0 Å². The molecular weight excluding hydrogens is 416 g/mol. The lowest BCUT2D eigenvalue weighted by Crippen LogP contribution is -2.41. The van der Waals surface area contributed by atoms with Gasteiger partial charge in [0, 0.05) is 25.8 Å². The van der Waals surface area contributed by atoms with E-state index in [-0.39, 0.29) is 10.8 Å². The first-order valence-electron chi connectivity index (χ1n) is 11.0. The van der Waals surface area contributed by atoms with Crippen LogP contribution in [0.25, 0.3) is 0 Å². The minimum Gasteiger partial charge on any atom is -0.339 e. The normalized spacial score (nSPS) is 20.7. The molecule has 2 aromatic rings. The van der Waals surface area contributed by atoms with Crippen LogP contribution in [0.15, 0.2) is 11.1 Å². The summed E-state index contributed by atoms with van der Waals surface area (Å²) in [7, 11) is -3.80. The molecule has 0 bridgehead atoms.